The Hall–Kier alpha value is -1.31. The summed E-state index contributed by atoms with van der Waals surface area (Å²) in [5, 5.41) is 1.31. The fourth-order valence-electron chi connectivity index (χ4n) is 1.51. The van der Waals surface area contributed by atoms with Gasteiger partial charge in [-0.05, 0) is 25.5 Å². The average molecular weight is 160 g/mol. The Labute approximate surface area is 71.8 Å². The maximum absolute atomic E-state index is 4.17. The predicted octanol–water partition coefficient (Wildman–Crippen LogP) is 2.19. The molecule has 0 aromatic carbocycles. The summed E-state index contributed by atoms with van der Waals surface area (Å²) in [4.78, 5) is 4.17. The van der Waals surface area contributed by atoms with Crippen LogP contribution in [0.3, 0.4) is 0 Å². The van der Waals surface area contributed by atoms with E-state index >= 15 is 0 Å². The number of aryl methyl sites for hydroxylation is 3. The number of fused-ring (bicyclic) bond motifs is 1. The van der Waals surface area contributed by atoms with Gasteiger partial charge in [0.15, 0.2) is 0 Å². The van der Waals surface area contributed by atoms with Crippen LogP contribution in [0.15, 0.2) is 18.5 Å². The molecule has 0 fully saturated rings. The van der Waals surface area contributed by atoms with E-state index in [0.29, 0.717) is 0 Å². The van der Waals surface area contributed by atoms with E-state index in [-0.39, 0.29) is 0 Å². The SMILES string of the molecule is Cc1cncc2c1cc(C)n2C. The first-order valence-electron chi connectivity index (χ1n) is 4.07. The van der Waals surface area contributed by atoms with Gasteiger partial charge in [0, 0.05) is 24.3 Å². The molecule has 12 heavy (non-hydrogen) atoms. The highest BCUT2D eigenvalue weighted by atomic mass is 14.9. The first kappa shape index (κ1) is 7.35. The highest BCUT2D eigenvalue weighted by molar-refractivity contribution is 5.83. The highest BCUT2D eigenvalue weighted by Gasteiger charge is 2.03. The van der Waals surface area contributed by atoms with Gasteiger partial charge in [-0.25, -0.2) is 0 Å². The third-order valence-electron chi connectivity index (χ3n) is 2.41. The molecule has 0 saturated carbocycles. The monoisotopic (exact) mass is 160 g/mol. The standard InChI is InChI=1S/C10H12N2/c1-7-5-11-6-10-9(7)4-8(2)12(10)3/h4-6H,1-3H3. The molecule has 0 aliphatic heterocycles. The van der Waals surface area contributed by atoms with Crippen LogP contribution in [0.1, 0.15) is 11.3 Å². The van der Waals surface area contributed by atoms with Crippen molar-refractivity contribution in [3.05, 3.63) is 29.7 Å². The fraction of sp³-hybridized carbons (Fsp3) is 0.300. The number of aromatic nitrogens is 2. The van der Waals surface area contributed by atoms with E-state index in [2.05, 4.69) is 36.5 Å². The van der Waals surface area contributed by atoms with Crippen molar-refractivity contribution < 1.29 is 0 Å². The van der Waals surface area contributed by atoms with Gasteiger partial charge in [-0.1, -0.05) is 0 Å². The third-order valence-corrected chi connectivity index (χ3v) is 2.41. The van der Waals surface area contributed by atoms with Gasteiger partial charge in [0.25, 0.3) is 0 Å². The van der Waals surface area contributed by atoms with E-state index in [0.717, 1.165) is 0 Å². The molecule has 0 saturated heterocycles. The van der Waals surface area contributed by atoms with E-state index in [1.807, 2.05) is 12.4 Å². The summed E-state index contributed by atoms with van der Waals surface area (Å²) in [5.41, 5.74) is 3.74. The van der Waals surface area contributed by atoms with Crippen molar-refractivity contribution in [1.29, 1.82) is 0 Å². The Bertz CT molecular complexity index is 427. The number of pyridine rings is 1. The molecule has 62 valence electrons. The molecule has 0 N–H and O–H groups in total. The molecular formula is C10H12N2. The molecule has 0 radical (unpaired) electrons. The quantitative estimate of drug-likeness (QED) is 0.577. The number of nitrogens with zero attached hydrogens (tertiary/aromatic N) is 2. The Balaban J connectivity index is 2.95. The van der Waals surface area contributed by atoms with Gasteiger partial charge >= 0.3 is 0 Å². The lowest BCUT2D eigenvalue weighted by molar-refractivity contribution is 0.915. The van der Waals surface area contributed by atoms with Crippen LogP contribution in [-0.4, -0.2) is 9.55 Å². The molecule has 2 rings (SSSR count). The Morgan fingerprint density at radius 3 is 2.67 bits per heavy atom. The largest absolute Gasteiger partial charge is 0.347 e. The molecule has 0 atom stereocenters. The van der Waals surface area contributed by atoms with Gasteiger partial charge in [-0.2, -0.15) is 0 Å². The number of rotatable bonds is 0. The average Bonchev–Trinajstić information content (AvgIpc) is 2.32. The van der Waals surface area contributed by atoms with Crippen molar-refractivity contribution in [3.63, 3.8) is 0 Å². The van der Waals surface area contributed by atoms with Crippen molar-refractivity contribution in [3.8, 4) is 0 Å². The Morgan fingerprint density at radius 2 is 2.00 bits per heavy atom. The molecule has 0 aliphatic carbocycles. The Kier molecular flexibility index (Phi) is 1.43. The van der Waals surface area contributed by atoms with E-state index < -0.39 is 0 Å². The fourth-order valence-corrected chi connectivity index (χ4v) is 1.51. The third kappa shape index (κ3) is 0.843. The van der Waals surface area contributed by atoms with Gasteiger partial charge in [0.1, 0.15) is 0 Å². The van der Waals surface area contributed by atoms with Crippen molar-refractivity contribution in [2.45, 2.75) is 13.8 Å². The molecule has 2 heteroatoms. The summed E-state index contributed by atoms with van der Waals surface area (Å²) >= 11 is 0. The van der Waals surface area contributed by atoms with Crippen LogP contribution in [0.4, 0.5) is 0 Å². The summed E-state index contributed by atoms with van der Waals surface area (Å²) < 4.78 is 2.16. The van der Waals surface area contributed by atoms with Crippen LogP contribution in [-0.2, 0) is 7.05 Å². The molecule has 0 bridgehead atoms. The lowest BCUT2D eigenvalue weighted by Crippen LogP contribution is -1.89. The first-order valence-corrected chi connectivity index (χ1v) is 4.07. The molecule has 0 unspecified atom stereocenters. The van der Waals surface area contributed by atoms with Crippen molar-refractivity contribution in [2.24, 2.45) is 7.05 Å². The maximum Gasteiger partial charge on any atom is 0.0668 e. The zero-order chi connectivity index (χ0) is 8.72. The smallest absolute Gasteiger partial charge is 0.0668 e. The van der Waals surface area contributed by atoms with Gasteiger partial charge in [0.2, 0.25) is 0 Å². The summed E-state index contributed by atoms with van der Waals surface area (Å²) in [5.74, 6) is 0. The maximum atomic E-state index is 4.17. The van der Waals surface area contributed by atoms with Crippen LogP contribution in [0.5, 0.6) is 0 Å². The molecule has 0 spiro atoms. The van der Waals surface area contributed by atoms with Crippen LogP contribution >= 0.6 is 0 Å². The van der Waals surface area contributed by atoms with Gasteiger partial charge < -0.3 is 4.57 Å². The minimum Gasteiger partial charge on any atom is -0.347 e. The first-order chi connectivity index (χ1) is 5.70. The van der Waals surface area contributed by atoms with Crippen LogP contribution < -0.4 is 0 Å². The van der Waals surface area contributed by atoms with Gasteiger partial charge in [-0.15, -0.1) is 0 Å². The van der Waals surface area contributed by atoms with Gasteiger partial charge in [-0.3, -0.25) is 4.98 Å². The van der Waals surface area contributed by atoms with Crippen LogP contribution in [0.2, 0.25) is 0 Å². The lowest BCUT2D eigenvalue weighted by Gasteiger charge is -1.98. The lowest BCUT2D eigenvalue weighted by atomic mass is 10.2. The molecule has 2 aromatic heterocycles. The Morgan fingerprint density at radius 1 is 1.25 bits per heavy atom. The topological polar surface area (TPSA) is 17.8 Å². The summed E-state index contributed by atoms with van der Waals surface area (Å²) in [6.45, 7) is 4.20. The summed E-state index contributed by atoms with van der Waals surface area (Å²) in [6.07, 6.45) is 3.82. The molecule has 0 aliphatic rings. The van der Waals surface area contributed by atoms with Crippen molar-refractivity contribution in [1.82, 2.24) is 9.55 Å². The molecular weight excluding hydrogens is 148 g/mol. The molecule has 2 aromatic rings. The minimum atomic E-state index is 1.22. The zero-order valence-electron chi connectivity index (χ0n) is 7.63. The van der Waals surface area contributed by atoms with Crippen molar-refractivity contribution in [2.75, 3.05) is 0 Å². The number of hydrogen-bond acceptors (Lipinski definition) is 1. The predicted molar refractivity (Wildman–Crippen MR) is 50.2 cm³/mol. The van der Waals surface area contributed by atoms with E-state index in [1.54, 1.807) is 0 Å². The van der Waals surface area contributed by atoms with Gasteiger partial charge in [0.05, 0.1) is 11.7 Å². The second-order valence-electron chi connectivity index (χ2n) is 3.23. The normalized spacial score (nSPS) is 10.9. The molecule has 0 amide bonds. The molecule has 2 nitrogen and oxygen atoms in total. The van der Waals surface area contributed by atoms with E-state index in [4.69, 9.17) is 0 Å². The summed E-state index contributed by atoms with van der Waals surface area (Å²) in [6, 6.07) is 2.20. The van der Waals surface area contributed by atoms with E-state index in [9.17, 15) is 0 Å². The number of hydrogen-bond donors (Lipinski definition) is 0. The van der Waals surface area contributed by atoms with Crippen LogP contribution in [0.25, 0.3) is 10.9 Å². The minimum absolute atomic E-state index is 1.22. The van der Waals surface area contributed by atoms with Crippen LogP contribution in [0, 0.1) is 13.8 Å². The molecule has 2 heterocycles. The van der Waals surface area contributed by atoms with Crippen molar-refractivity contribution >= 4 is 10.9 Å². The summed E-state index contributed by atoms with van der Waals surface area (Å²) in [7, 11) is 2.07. The van der Waals surface area contributed by atoms with E-state index in [1.165, 1.54) is 22.2 Å². The zero-order valence-corrected chi connectivity index (χ0v) is 7.63. The highest BCUT2D eigenvalue weighted by Crippen LogP contribution is 2.19. The second-order valence-corrected chi connectivity index (χ2v) is 3.23. The second kappa shape index (κ2) is 2.34.